The smallest absolute Gasteiger partial charge is 0.250 e. The van der Waals surface area contributed by atoms with Crippen molar-refractivity contribution in [2.24, 2.45) is 10.5 Å². The van der Waals surface area contributed by atoms with Gasteiger partial charge < -0.3 is 34.6 Å². The Balaban J connectivity index is 1.70. The third-order valence-electron chi connectivity index (χ3n) is 4.12. The molecular weight excluding hydrogens is 339 g/mol. The lowest BCUT2D eigenvalue weighted by molar-refractivity contribution is -0.0540. The highest BCUT2D eigenvalue weighted by molar-refractivity contribution is 7.43. The molecular formula is C12H17N6O5P. The van der Waals surface area contributed by atoms with Crippen molar-refractivity contribution in [2.75, 3.05) is 13.3 Å². The quantitative estimate of drug-likeness (QED) is 0.350. The van der Waals surface area contributed by atoms with E-state index in [4.69, 9.17) is 14.8 Å². The van der Waals surface area contributed by atoms with Crippen LogP contribution in [0.3, 0.4) is 0 Å². The number of hydrogen-bond acceptors (Lipinski definition) is 10. The fourth-order valence-electron chi connectivity index (χ4n) is 3.04. The SMILES string of the molecule is NP(O)O[C@H]1[C@@H](O)[C@H](n2cnc3c2=NCN2C=CNC=32)O[C@@H]1CO. The van der Waals surface area contributed by atoms with Gasteiger partial charge in [-0.2, -0.15) is 0 Å². The van der Waals surface area contributed by atoms with E-state index in [9.17, 15) is 15.1 Å². The molecule has 0 saturated carbocycles. The summed E-state index contributed by atoms with van der Waals surface area (Å²) < 4.78 is 12.4. The molecule has 4 rings (SSSR count). The van der Waals surface area contributed by atoms with E-state index < -0.39 is 33.1 Å². The Hall–Kier alpha value is -1.59. The predicted molar refractivity (Wildman–Crippen MR) is 80.6 cm³/mol. The average Bonchev–Trinajstić information content (AvgIpc) is 3.24. The van der Waals surface area contributed by atoms with Crippen molar-refractivity contribution in [1.82, 2.24) is 19.8 Å². The molecule has 5 atom stereocenters. The molecule has 1 aromatic rings. The minimum absolute atomic E-state index is 0.383. The summed E-state index contributed by atoms with van der Waals surface area (Å²) in [6.07, 6.45) is 1.40. The number of ether oxygens (including phenoxy) is 1. The van der Waals surface area contributed by atoms with Gasteiger partial charge in [0, 0.05) is 12.4 Å². The van der Waals surface area contributed by atoms with Gasteiger partial charge >= 0.3 is 0 Å². The van der Waals surface area contributed by atoms with E-state index in [1.54, 1.807) is 10.8 Å². The van der Waals surface area contributed by atoms with Gasteiger partial charge in [-0.05, 0) is 0 Å². The Bertz CT molecular complexity index is 781. The fraction of sp³-hybridized carbons (Fsp3) is 0.500. The van der Waals surface area contributed by atoms with Crippen molar-refractivity contribution in [2.45, 2.75) is 24.5 Å². The largest absolute Gasteiger partial charge is 0.394 e. The van der Waals surface area contributed by atoms with Crippen molar-refractivity contribution >= 4 is 14.3 Å². The average molecular weight is 356 g/mol. The molecule has 130 valence electrons. The minimum atomic E-state index is -2.19. The maximum atomic E-state index is 10.5. The van der Waals surface area contributed by atoms with Crippen molar-refractivity contribution < 1.29 is 24.4 Å². The first kappa shape index (κ1) is 15.9. The molecule has 24 heavy (non-hydrogen) atoms. The number of nitrogens with zero attached hydrogens (tertiary/aromatic N) is 4. The van der Waals surface area contributed by atoms with E-state index in [2.05, 4.69) is 15.3 Å². The van der Waals surface area contributed by atoms with Gasteiger partial charge in [0.2, 0.25) is 0 Å². The van der Waals surface area contributed by atoms with Gasteiger partial charge in [0.1, 0.15) is 36.2 Å². The summed E-state index contributed by atoms with van der Waals surface area (Å²) >= 11 is 0. The van der Waals surface area contributed by atoms with Gasteiger partial charge in [0.15, 0.2) is 11.7 Å². The molecule has 3 aliphatic heterocycles. The summed E-state index contributed by atoms with van der Waals surface area (Å²) in [5, 5.41) is 23.7. The Morgan fingerprint density at radius 1 is 1.54 bits per heavy atom. The van der Waals surface area contributed by atoms with E-state index in [1.165, 1.54) is 6.33 Å². The fourth-order valence-corrected chi connectivity index (χ4v) is 3.55. The molecule has 1 aromatic heterocycles. The summed E-state index contributed by atoms with van der Waals surface area (Å²) in [4.78, 5) is 20.0. The van der Waals surface area contributed by atoms with Crippen LogP contribution in [0.2, 0.25) is 0 Å². The standard InChI is InChI=1S/C12H17N6O5P/c13-24(21)23-9-6(3-19)22-12(8(9)20)18-5-15-7-10-14-1-2-17(10)4-16-11(7)18/h1-2,5-6,8-9,12,14,19-21H,3-4,13H2/t6-,8-,9-,12-,24?/m1/s1. The number of aliphatic hydroxyl groups is 2. The van der Waals surface area contributed by atoms with Crippen molar-refractivity contribution in [3.05, 3.63) is 29.6 Å². The van der Waals surface area contributed by atoms with E-state index in [0.29, 0.717) is 17.5 Å². The first-order chi connectivity index (χ1) is 11.6. The van der Waals surface area contributed by atoms with Crippen molar-refractivity contribution in [3.8, 4) is 0 Å². The summed E-state index contributed by atoms with van der Waals surface area (Å²) in [7, 11) is -2.19. The zero-order valence-corrected chi connectivity index (χ0v) is 13.3. The molecule has 0 amide bonds. The predicted octanol–water partition coefficient (Wildman–Crippen LogP) is -3.27. The molecule has 0 bridgehead atoms. The van der Waals surface area contributed by atoms with Crippen LogP contribution in [0.25, 0.3) is 5.82 Å². The van der Waals surface area contributed by atoms with Crippen LogP contribution in [0.4, 0.5) is 0 Å². The zero-order valence-electron chi connectivity index (χ0n) is 12.4. The van der Waals surface area contributed by atoms with Crippen LogP contribution in [0, 0.1) is 0 Å². The Kier molecular flexibility index (Phi) is 4.01. The number of nitrogens with two attached hydrogens (primary N) is 1. The van der Waals surface area contributed by atoms with Crippen LogP contribution in [-0.4, -0.2) is 61.1 Å². The lowest BCUT2D eigenvalue weighted by Gasteiger charge is -2.21. The van der Waals surface area contributed by atoms with Gasteiger partial charge in [0.05, 0.1) is 12.9 Å². The van der Waals surface area contributed by atoms with Gasteiger partial charge in [-0.1, -0.05) is 0 Å². The molecule has 11 nitrogen and oxygen atoms in total. The number of rotatable bonds is 4. The topological polar surface area (TPSA) is 151 Å². The van der Waals surface area contributed by atoms with E-state index in [-0.39, 0.29) is 6.61 Å². The second-order valence-corrected chi connectivity index (χ2v) is 6.33. The molecule has 1 unspecified atom stereocenters. The maximum Gasteiger partial charge on any atom is 0.250 e. The van der Waals surface area contributed by atoms with Crippen LogP contribution >= 0.6 is 8.53 Å². The second kappa shape index (κ2) is 6.05. The third kappa shape index (κ3) is 2.42. The molecule has 1 saturated heterocycles. The molecule has 3 aliphatic rings. The Morgan fingerprint density at radius 3 is 3.12 bits per heavy atom. The van der Waals surface area contributed by atoms with Gasteiger partial charge in [-0.3, -0.25) is 10.1 Å². The maximum absolute atomic E-state index is 10.5. The first-order valence-electron chi connectivity index (χ1n) is 7.26. The molecule has 0 aliphatic carbocycles. The number of hydrogen-bond donors (Lipinski definition) is 5. The number of imidazole rings is 1. The molecule has 12 heteroatoms. The number of nitrogens with one attached hydrogen (secondary N) is 1. The first-order valence-corrected chi connectivity index (χ1v) is 8.54. The molecule has 0 spiro atoms. The van der Waals surface area contributed by atoms with E-state index in [0.717, 1.165) is 5.82 Å². The molecule has 1 fully saturated rings. The molecule has 0 radical (unpaired) electrons. The summed E-state index contributed by atoms with van der Waals surface area (Å²) in [5.41, 5.74) is 5.83. The highest BCUT2D eigenvalue weighted by atomic mass is 31.2. The van der Waals surface area contributed by atoms with Crippen LogP contribution in [-0.2, 0) is 9.26 Å². The van der Waals surface area contributed by atoms with Crippen LogP contribution in [0.5, 0.6) is 0 Å². The lowest BCUT2D eigenvalue weighted by Crippen LogP contribution is -2.44. The molecule has 6 N–H and O–H groups in total. The normalized spacial score (nSPS) is 32.3. The molecule has 0 aromatic carbocycles. The number of fused-ring (bicyclic) bond motifs is 2. The van der Waals surface area contributed by atoms with Crippen LogP contribution in [0.1, 0.15) is 6.23 Å². The number of aromatic nitrogens is 2. The third-order valence-corrected chi connectivity index (χ3v) is 4.58. The van der Waals surface area contributed by atoms with E-state index >= 15 is 0 Å². The Labute approximate surface area is 137 Å². The van der Waals surface area contributed by atoms with E-state index in [1.807, 2.05) is 11.1 Å². The highest BCUT2D eigenvalue weighted by Crippen LogP contribution is 2.36. The van der Waals surface area contributed by atoms with Gasteiger partial charge in [-0.15, -0.1) is 0 Å². The highest BCUT2D eigenvalue weighted by Gasteiger charge is 2.46. The molecule has 4 heterocycles. The van der Waals surface area contributed by atoms with Gasteiger partial charge in [-0.25, -0.2) is 9.98 Å². The summed E-state index contributed by atoms with van der Waals surface area (Å²) in [5.74, 6) is 0.804. The van der Waals surface area contributed by atoms with Crippen molar-refractivity contribution in [1.29, 1.82) is 0 Å². The minimum Gasteiger partial charge on any atom is -0.394 e. The van der Waals surface area contributed by atoms with Crippen LogP contribution < -0.4 is 21.7 Å². The zero-order chi connectivity index (χ0) is 16.8. The van der Waals surface area contributed by atoms with Crippen molar-refractivity contribution in [3.63, 3.8) is 0 Å². The summed E-state index contributed by atoms with van der Waals surface area (Å²) in [6.45, 7) is 0.0283. The number of aliphatic hydroxyl groups excluding tert-OH is 2. The monoisotopic (exact) mass is 356 g/mol. The lowest BCUT2D eigenvalue weighted by atomic mass is 10.1. The van der Waals surface area contributed by atoms with Gasteiger partial charge in [0.25, 0.3) is 8.53 Å². The second-order valence-electron chi connectivity index (χ2n) is 5.51. The Morgan fingerprint density at radius 2 is 2.38 bits per heavy atom. The summed E-state index contributed by atoms with van der Waals surface area (Å²) in [6, 6.07) is 0. The van der Waals surface area contributed by atoms with Crippen LogP contribution in [0.15, 0.2) is 23.7 Å².